The third kappa shape index (κ3) is 3.90. The lowest BCUT2D eigenvalue weighted by Crippen LogP contribution is -2.01. The number of aliphatic hydroxyl groups is 1. The third-order valence-corrected chi connectivity index (χ3v) is 3.34. The quantitative estimate of drug-likeness (QED) is 0.827. The second-order valence-electron chi connectivity index (χ2n) is 3.26. The first-order valence-electron chi connectivity index (χ1n) is 4.84. The molecule has 3 nitrogen and oxygen atoms in total. The highest BCUT2D eigenvalue weighted by Gasteiger charge is 2.06. The molecule has 15 heavy (non-hydrogen) atoms. The van der Waals surface area contributed by atoms with Crippen molar-refractivity contribution in [3.05, 3.63) is 29.6 Å². The molecule has 0 spiro atoms. The number of thioether (sulfide) groups is 1. The molecule has 0 aliphatic carbocycles. The average Bonchev–Trinajstić information content (AvgIpc) is 2.27. The van der Waals surface area contributed by atoms with Gasteiger partial charge in [0.15, 0.2) is 0 Å². The van der Waals surface area contributed by atoms with E-state index in [4.69, 9.17) is 10.4 Å². The van der Waals surface area contributed by atoms with Crippen molar-refractivity contribution in [3.63, 3.8) is 0 Å². The summed E-state index contributed by atoms with van der Waals surface area (Å²) in [6, 6.07) is 5.84. The fourth-order valence-electron chi connectivity index (χ4n) is 1.15. The van der Waals surface area contributed by atoms with Crippen molar-refractivity contribution in [1.29, 1.82) is 5.26 Å². The molecule has 1 unspecified atom stereocenters. The molecule has 0 saturated heterocycles. The van der Waals surface area contributed by atoms with Crippen LogP contribution in [-0.2, 0) is 5.75 Å². The molecule has 0 aliphatic heterocycles. The lowest BCUT2D eigenvalue weighted by Gasteiger charge is -2.09. The summed E-state index contributed by atoms with van der Waals surface area (Å²) in [5, 5.41) is 18.0. The first-order valence-corrected chi connectivity index (χ1v) is 5.89. The molecule has 0 radical (unpaired) electrons. The maximum atomic E-state index is 8.83. The Morgan fingerprint density at radius 3 is 3.13 bits per heavy atom. The van der Waals surface area contributed by atoms with Crippen LogP contribution in [-0.4, -0.2) is 21.9 Å². The summed E-state index contributed by atoms with van der Waals surface area (Å²) in [4.78, 5) is 4.00. The summed E-state index contributed by atoms with van der Waals surface area (Å²) in [7, 11) is 0. The van der Waals surface area contributed by atoms with Gasteiger partial charge in [-0.25, -0.2) is 4.98 Å². The maximum absolute atomic E-state index is 8.83. The Morgan fingerprint density at radius 2 is 2.47 bits per heavy atom. The Morgan fingerprint density at radius 1 is 1.67 bits per heavy atom. The van der Waals surface area contributed by atoms with Gasteiger partial charge in [-0.2, -0.15) is 17.0 Å². The lowest BCUT2D eigenvalue weighted by molar-refractivity contribution is 0.289. The zero-order valence-corrected chi connectivity index (χ0v) is 9.50. The van der Waals surface area contributed by atoms with Gasteiger partial charge in [0.1, 0.15) is 11.8 Å². The van der Waals surface area contributed by atoms with Crippen molar-refractivity contribution in [2.45, 2.75) is 24.3 Å². The first-order chi connectivity index (χ1) is 7.27. The van der Waals surface area contributed by atoms with Crippen LogP contribution in [0.2, 0.25) is 0 Å². The molecule has 1 N–H and O–H groups in total. The van der Waals surface area contributed by atoms with Gasteiger partial charge in [-0.15, -0.1) is 0 Å². The van der Waals surface area contributed by atoms with Crippen LogP contribution in [0.15, 0.2) is 18.3 Å². The minimum absolute atomic E-state index is 0.215. The van der Waals surface area contributed by atoms with Crippen LogP contribution >= 0.6 is 11.8 Å². The van der Waals surface area contributed by atoms with E-state index >= 15 is 0 Å². The minimum atomic E-state index is 0.215. The van der Waals surface area contributed by atoms with Gasteiger partial charge in [0, 0.05) is 23.8 Å². The van der Waals surface area contributed by atoms with Gasteiger partial charge in [0.25, 0.3) is 0 Å². The SMILES string of the molecule is CC(CCO)SCc1cccnc1C#N. The molecule has 80 valence electrons. The van der Waals surface area contributed by atoms with Crippen LogP contribution in [0, 0.1) is 11.3 Å². The van der Waals surface area contributed by atoms with E-state index in [1.54, 1.807) is 18.0 Å². The van der Waals surface area contributed by atoms with Gasteiger partial charge in [-0.3, -0.25) is 0 Å². The second-order valence-corrected chi connectivity index (χ2v) is 4.68. The molecule has 0 aromatic carbocycles. The zero-order valence-electron chi connectivity index (χ0n) is 8.68. The van der Waals surface area contributed by atoms with Crippen molar-refractivity contribution in [2.75, 3.05) is 6.61 Å². The van der Waals surface area contributed by atoms with Crippen LogP contribution in [0.5, 0.6) is 0 Å². The van der Waals surface area contributed by atoms with Gasteiger partial charge < -0.3 is 5.11 Å². The second kappa shape index (κ2) is 6.44. The van der Waals surface area contributed by atoms with E-state index in [0.29, 0.717) is 10.9 Å². The fourth-order valence-corrected chi connectivity index (χ4v) is 2.12. The molecule has 1 aromatic heterocycles. The molecule has 0 fully saturated rings. The summed E-state index contributed by atoms with van der Waals surface area (Å²) in [6.07, 6.45) is 2.41. The number of aromatic nitrogens is 1. The van der Waals surface area contributed by atoms with Crippen LogP contribution in [0.25, 0.3) is 0 Å². The fraction of sp³-hybridized carbons (Fsp3) is 0.455. The van der Waals surface area contributed by atoms with Crippen LogP contribution < -0.4 is 0 Å². The number of pyridine rings is 1. The smallest absolute Gasteiger partial charge is 0.144 e. The minimum Gasteiger partial charge on any atom is -0.396 e. The largest absolute Gasteiger partial charge is 0.396 e. The van der Waals surface area contributed by atoms with Crippen molar-refractivity contribution in [2.24, 2.45) is 0 Å². The summed E-state index contributed by atoms with van der Waals surface area (Å²) < 4.78 is 0. The molecule has 1 heterocycles. The van der Waals surface area contributed by atoms with Gasteiger partial charge in [-0.1, -0.05) is 13.0 Å². The number of nitrogens with zero attached hydrogens (tertiary/aromatic N) is 2. The molecule has 1 aromatic rings. The van der Waals surface area contributed by atoms with E-state index in [-0.39, 0.29) is 6.61 Å². The van der Waals surface area contributed by atoms with E-state index < -0.39 is 0 Å². The molecule has 1 atom stereocenters. The van der Waals surface area contributed by atoms with E-state index in [9.17, 15) is 0 Å². The van der Waals surface area contributed by atoms with Crippen LogP contribution in [0.4, 0.5) is 0 Å². The zero-order chi connectivity index (χ0) is 11.1. The Labute approximate surface area is 94.2 Å². The summed E-state index contributed by atoms with van der Waals surface area (Å²) in [5.74, 6) is 0.776. The number of aliphatic hydroxyl groups excluding tert-OH is 1. The molecule has 4 heteroatoms. The van der Waals surface area contributed by atoms with Gasteiger partial charge in [0.05, 0.1) is 0 Å². The summed E-state index contributed by atoms with van der Waals surface area (Å²) in [5.41, 5.74) is 1.47. The van der Waals surface area contributed by atoms with E-state index in [1.807, 2.05) is 12.1 Å². The Balaban J connectivity index is 2.54. The Hall–Kier alpha value is -1.05. The van der Waals surface area contributed by atoms with Crippen molar-refractivity contribution >= 4 is 11.8 Å². The molecule has 1 rings (SSSR count). The van der Waals surface area contributed by atoms with Gasteiger partial charge >= 0.3 is 0 Å². The highest BCUT2D eigenvalue weighted by Crippen LogP contribution is 2.20. The van der Waals surface area contributed by atoms with Crippen LogP contribution in [0.1, 0.15) is 24.6 Å². The Bertz CT molecular complexity index is 349. The average molecular weight is 222 g/mol. The first kappa shape index (κ1) is 12.0. The van der Waals surface area contributed by atoms with Gasteiger partial charge in [0.2, 0.25) is 0 Å². The molecular weight excluding hydrogens is 208 g/mol. The number of hydrogen-bond acceptors (Lipinski definition) is 4. The molecule has 0 saturated carbocycles. The van der Waals surface area contributed by atoms with E-state index in [0.717, 1.165) is 17.7 Å². The molecular formula is C11H14N2OS. The molecule has 0 aliphatic rings. The van der Waals surface area contributed by atoms with Crippen molar-refractivity contribution in [1.82, 2.24) is 4.98 Å². The highest BCUT2D eigenvalue weighted by molar-refractivity contribution is 7.99. The highest BCUT2D eigenvalue weighted by atomic mass is 32.2. The number of rotatable bonds is 5. The predicted octanol–water partition coefficient (Wildman–Crippen LogP) is 1.96. The monoisotopic (exact) mass is 222 g/mol. The number of hydrogen-bond donors (Lipinski definition) is 1. The molecule has 0 amide bonds. The molecule has 0 bridgehead atoms. The normalized spacial score (nSPS) is 12.1. The van der Waals surface area contributed by atoms with Crippen LogP contribution in [0.3, 0.4) is 0 Å². The summed E-state index contributed by atoms with van der Waals surface area (Å²) in [6.45, 7) is 2.29. The van der Waals surface area contributed by atoms with E-state index in [2.05, 4.69) is 18.0 Å². The lowest BCUT2D eigenvalue weighted by atomic mass is 10.2. The topological polar surface area (TPSA) is 56.9 Å². The van der Waals surface area contributed by atoms with E-state index in [1.165, 1.54) is 0 Å². The Kier molecular flexibility index (Phi) is 5.16. The third-order valence-electron chi connectivity index (χ3n) is 2.06. The predicted molar refractivity (Wildman–Crippen MR) is 61.4 cm³/mol. The van der Waals surface area contributed by atoms with Crippen molar-refractivity contribution < 1.29 is 5.11 Å². The maximum Gasteiger partial charge on any atom is 0.144 e. The van der Waals surface area contributed by atoms with Gasteiger partial charge in [-0.05, 0) is 18.1 Å². The van der Waals surface area contributed by atoms with Crippen molar-refractivity contribution in [3.8, 4) is 6.07 Å². The standard InChI is InChI=1S/C11H14N2OS/c1-9(4-6-14)15-8-10-3-2-5-13-11(10)7-12/h2-3,5,9,14H,4,6,8H2,1H3. The number of nitriles is 1. The summed E-state index contributed by atoms with van der Waals surface area (Å²) >= 11 is 1.73.